The second-order valence-corrected chi connectivity index (χ2v) is 11.8. The lowest BCUT2D eigenvalue weighted by atomic mass is 9.85. The van der Waals surface area contributed by atoms with Gasteiger partial charge in [0.05, 0.1) is 11.4 Å². The fourth-order valence-corrected chi connectivity index (χ4v) is 6.57. The second-order valence-electron chi connectivity index (χ2n) is 11.8. The van der Waals surface area contributed by atoms with E-state index < -0.39 is 29.6 Å². The molecule has 0 radical (unpaired) electrons. The van der Waals surface area contributed by atoms with E-state index in [4.69, 9.17) is 4.74 Å². The van der Waals surface area contributed by atoms with Crippen molar-refractivity contribution in [2.24, 2.45) is 0 Å². The minimum absolute atomic E-state index is 0.0538. The van der Waals surface area contributed by atoms with E-state index in [2.05, 4.69) is 12.2 Å². The predicted octanol–water partition coefficient (Wildman–Crippen LogP) is 7.27. The van der Waals surface area contributed by atoms with Crippen LogP contribution < -0.4 is 9.80 Å². The number of rotatable bonds is 7. The maximum Gasteiger partial charge on any atom is 0.331 e. The number of esters is 1. The van der Waals surface area contributed by atoms with Gasteiger partial charge in [0.15, 0.2) is 0 Å². The zero-order valence-electron chi connectivity index (χ0n) is 25.5. The van der Waals surface area contributed by atoms with E-state index in [1.807, 2.05) is 36.4 Å². The van der Waals surface area contributed by atoms with Crippen molar-refractivity contribution in [3.63, 3.8) is 0 Å². The lowest BCUT2D eigenvalue weighted by Crippen LogP contribution is -2.43. The number of amides is 4. The molecule has 2 aliphatic carbocycles. The number of carbonyl (C=O) groups is 5. The van der Waals surface area contributed by atoms with Crippen molar-refractivity contribution in [3.8, 4) is 0 Å². The SMILES string of the molecule is O=C(/C=C/C1=CC=CC1)OCc1cccc(N2C(=O)c3ccc4c5c(ccc(c35)C2=O)C(=O)N(c2ccc(C3=CCC=C3)cc2)C4=O)c1. The monoisotopic (exact) mass is 630 g/mol. The van der Waals surface area contributed by atoms with Gasteiger partial charge in [-0.2, -0.15) is 0 Å². The summed E-state index contributed by atoms with van der Waals surface area (Å²) in [6.45, 7) is -0.0538. The van der Waals surface area contributed by atoms with Crippen molar-refractivity contribution in [1.29, 1.82) is 0 Å². The van der Waals surface area contributed by atoms with Gasteiger partial charge in [0.2, 0.25) is 0 Å². The number of imide groups is 2. The van der Waals surface area contributed by atoms with Gasteiger partial charge in [0.25, 0.3) is 23.6 Å². The van der Waals surface area contributed by atoms with E-state index in [1.54, 1.807) is 54.6 Å². The average molecular weight is 631 g/mol. The summed E-state index contributed by atoms with van der Waals surface area (Å²) in [5.41, 5.74) is 5.29. The van der Waals surface area contributed by atoms with E-state index in [1.165, 1.54) is 18.2 Å². The van der Waals surface area contributed by atoms with Crippen LogP contribution in [0.1, 0.15) is 65.4 Å². The fraction of sp³-hybridized carbons (Fsp3) is 0.0750. The standard InChI is InChI=1S/C40H26N2O6/c43-34(21-12-24-6-1-2-7-24)48-23-25-8-5-11-29(22-25)42-39(46)32-19-17-30-35-31(18-20-33(36(32)35)40(42)47)38(45)41(37(30)44)28-15-13-27(14-16-28)26-9-3-4-10-26/h1-3,5-6,8-22H,4,7,23H2/b21-12+. The Labute approximate surface area is 275 Å². The topological polar surface area (TPSA) is 101 Å². The van der Waals surface area contributed by atoms with E-state index in [-0.39, 0.29) is 34.2 Å². The quantitative estimate of drug-likeness (QED) is 0.121. The third kappa shape index (κ3) is 4.73. The highest BCUT2D eigenvalue weighted by atomic mass is 16.5. The van der Waals surface area contributed by atoms with Crippen molar-refractivity contribution in [1.82, 2.24) is 0 Å². The fourth-order valence-electron chi connectivity index (χ4n) is 6.57. The Bertz CT molecular complexity index is 2220. The Morgan fingerprint density at radius 2 is 1.35 bits per heavy atom. The summed E-state index contributed by atoms with van der Waals surface area (Å²) in [7, 11) is 0. The van der Waals surface area contributed by atoms with E-state index in [9.17, 15) is 24.0 Å². The lowest BCUT2D eigenvalue weighted by Gasteiger charge is -2.32. The molecule has 8 heteroatoms. The van der Waals surface area contributed by atoms with Crippen molar-refractivity contribution >= 4 is 57.3 Å². The Morgan fingerprint density at radius 3 is 1.92 bits per heavy atom. The largest absolute Gasteiger partial charge is 0.458 e. The van der Waals surface area contributed by atoms with Crippen LogP contribution in [0.3, 0.4) is 0 Å². The summed E-state index contributed by atoms with van der Waals surface area (Å²) in [5.74, 6) is -2.73. The van der Waals surface area contributed by atoms with E-state index in [0.717, 1.165) is 39.4 Å². The Balaban J connectivity index is 1.08. The Kier molecular flexibility index (Phi) is 6.91. The molecule has 0 fully saturated rings. The van der Waals surface area contributed by atoms with E-state index in [0.29, 0.717) is 22.3 Å². The Morgan fingerprint density at radius 1 is 0.729 bits per heavy atom. The van der Waals surface area contributed by atoms with Gasteiger partial charge in [-0.15, -0.1) is 0 Å². The number of ether oxygens (including phenoxy) is 1. The van der Waals surface area contributed by atoms with Crippen LogP contribution in [0, 0.1) is 0 Å². The molecule has 0 unspecified atom stereocenters. The highest BCUT2D eigenvalue weighted by Gasteiger charge is 2.40. The first-order chi connectivity index (χ1) is 23.4. The van der Waals surface area contributed by atoms with Gasteiger partial charge in [0.1, 0.15) is 6.61 Å². The molecular weight excluding hydrogens is 604 g/mol. The molecule has 0 saturated heterocycles. The first-order valence-corrected chi connectivity index (χ1v) is 15.5. The maximum absolute atomic E-state index is 13.9. The molecule has 0 N–H and O–H groups in total. The van der Waals surface area contributed by atoms with Crippen molar-refractivity contribution in [3.05, 3.63) is 160 Å². The number of anilines is 2. The number of benzene rings is 4. The smallest absolute Gasteiger partial charge is 0.331 e. The normalized spacial score (nSPS) is 16.4. The summed E-state index contributed by atoms with van der Waals surface area (Å²) < 4.78 is 5.39. The molecule has 4 aliphatic rings. The van der Waals surface area contributed by atoms with Gasteiger partial charge in [-0.3, -0.25) is 19.2 Å². The molecule has 8 nitrogen and oxygen atoms in total. The molecule has 8 rings (SSSR count). The van der Waals surface area contributed by atoms with Crippen molar-refractivity contribution in [2.45, 2.75) is 19.4 Å². The summed E-state index contributed by atoms with van der Waals surface area (Å²) in [6.07, 6.45) is 16.7. The van der Waals surface area contributed by atoms with Crippen LogP contribution in [0.2, 0.25) is 0 Å². The van der Waals surface area contributed by atoms with Gasteiger partial charge in [0, 0.05) is 39.1 Å². The average Bonchev–Trinajstić information content (AvgIpc) is 3.84. The molecule has 48 heavy (non-hydrogen) atoms. The highest BCUT2D eigenvalue weighted by Crippen LogP contribution is 2.40. The predicted molar refractivity (Wildman–Crippen MR) is 182 cm³/mol. The molecule has 2 heterocycles. The molecule has 4 aromatic rings. The molecule has 0 atom stereocenters. The number of hydrogen-bond donors (Lipinski definition) is 0. The molecule has 2 aliphatic heterocycles. The summed E-state index contributed by atoms with van der Waals surface area (Å²) in [6, 6.07) is 20.1. The van der Waals surface area contributed by atoms with Gasteiger partial charge in [-0.25, -0.2) is 14.6 Å². The number of carbonyl (C=O) groups excluding carboxylic acids is 5. The first-order valence-electron chi connectivity index (χ1n) is 15.5. The van der Waals surface area contributed by atoms with Crippen LogP contribution in [-0.4, -0.2) is 29.6 Å². The summed E-state index contributed by atoms with van der Waals surface area (Å²) >= 11 is 0. The van der Waals surface area contributed by atoms with Gasteiger partial charge < -0.3 is 4.74 Å². The van der Waals surface area contributed by atoms with Crippen molar-refractivity contribution < 1.29 is 28.7 Å². The zero-order valence-corrected chi connectivity index (χ0v) is 25.5. The van der Waals surface area contributed by atoms with Gasteiger partial charge >= 0.3 is 5.97 Å². The molecule has 4 aromatic carbocycles. The third-order valence-electron chi connectivity index (χ3n) is 8.91. The highest BCUT2D eigenvalue weighted by molar-refractivity contribution is 6.42. The molecule has 232 valence electrons. The summed E-state index contributed by atoms with van der Waals surface area (Å²) in [4.78, 5) is 70.0. The molecule has 0 saturated carbocycles. The van der Waals surface area contributed by atoms with E-state index >= 15 is 0 Å². The molecule has 0 spiro atoms. The van der Waals surface area contributed by atoms with Crippen LogP contribution in [0.4, 0.5) is 11.4 Å². The number of nitrogens with zero attached hydrogens (tertiary/aromatic N) is 2. The maximum atomic E-state index is 13.9. The minimum Gasteiger partial charge on any atom is -0.458 e. The molecule has 4 amide bonds. The van der Waals surface area contributed by atoms with Gasteiger partial charge in [-0.05, 0) is 83.6 Å². The molecular formula is C40H26N2O6. The van der Waals surface area contributed by atoms with Crippen LogP contribution in [0.5, 0.6) is 0 Å². The van der Waals surface area contributed by atoms with Crippen LogP contribution in [0.15, 0.2) is 127 Å². The zero-order chi connectivity index (χ0) is 32.9. The first kappa shape index (κ1) is 29.0. The van der Waals surface area contributed by atoms with Crippen LogP contribution in [0.25, 0.3) is 16.3 Å². The molecule has 0 aromatic heterocycles. The molecule has 0 bridgehead atoms. The number of allylic oxidation sites excluding steroid dienone is 9. The lowest BCUT2D eigenvalue weighted by molar-refractivity contribution is -0.139. The van der Waals surface area contributed by atoms with Crippen LogP contribution in [-0.2, 0) is 16.1 Å². The van der Waals surface area contributed by atoms with Gasteiger partial charge in [-0.1, -0.05) is 66.8 Å². The second kappa shape index (κ2) is 11.4. The third-order valence-corrected chi connectivity index (χ3v) is 8.91. The minimum atomic E-state index is -0.583. The van der Waals surface area contributed by atoms with Crippen molar-refractivity contribution in [2.75, 3.05) is 9.80 Å². The Hall–Kier alpha value is -6.41. The number of hydrogen-bond acceptors (Lipinski definition) is 6. The van der Waals surface area contributed by atoms with Crippen LogP contribution >= 0.6 is 0 Å². The summed E-state index contributed by atoms with van der Waals surface area (Å²) in [5, 5.41) is 0.589.